The first-order valence-corrected chi connectivity index (χ1v) is 4.74. The Morgan fingerprint density at radius 3 is 2.59 bits per heavy atom. The third kappa shape index (κ3) is 2.69. The number of phenolic OH excluding ortho intramolecular Hbond substituents is 1. The van der Waals surface area contributed by atoms with E-state index in [1.165, 1.54) is 36.7 Å². The van der Waals surface area contributed by atoms with Crippen LogP contribution < -0.4 is 10.5 Å². The lowest BCUT2D eigenvalue weighted by molar-refractivity contribution is 0.0728. The first-order chi connectivity index (χ1) is 8.15. The van der Waals surface area contributed by atoms with Gasteiger partial charge < -0.3 is 15.6 Å². The van der Waals surface area contributed by atoms with Crippen LogP contribution in [0.5, 0.6) is 11.5 Å². The summed E-state index contributed by atoms with van der Waals surface area (Å²) in [6, 6.07) is 5.75. The number of aromatic hydroxyl groups is 1. The Morgan fingerprint density at radius 1 is 1.24 bits per heavy atom. The molecule has 0 radical (unpaired) electrons. The fraction of sp³-hybridized carbons (Fsp3) is 0. The van der Waals surface area contributed by atoms with E-state index < -0.39 is 5.97 Å². The molecule has 1 heterocycles. The number of nitrogens with two attached hydrogens (primary N) is 1. The summed E-state index contributed by atoms with van der Waals surface area (Å²) in [7, 11) is 0. The SMILES string of the molecule is Nc1cncc(C(=O)Oc2ccc(O)cc2)n1. The van der Waals surface area contributed by atoms with Crippen molar-refractivity contribution in [3.05, 3.63) is 42.4 Å². The van der Waals surface area contributed by atoms with Crippen LogP contribution in [-0.4, -0.2) is 21.0 Å². The summed E-state index contributed by atoms with van der Waals surface area (Å²) in [5, 5.41) is 9.06. The fourth-order valence-corrected chi connectivity index (χ4v) is 1.15. The summed E-state index contributed by atoms with van der Waals surface area (Å²) in [5.41, 5.74) is 5.42. The zero-order valence-electron chi connectivity index (χ0n) is 8.70. The van der Waals surface area contributed by atoms with Gasteiger partial charge in [0.25, 0.3) is 0 Å². The number of rotatable bonds is 2. The molecule has 0 fully saturated rings. The number of carbonyl (C=O) groups excluding carboxylic acids is 1. The van der Waals surface area contributed by atoms with Crippen molar-refractivity contribution in [3.63, 3.8) is 0 Å². The van der Waals surface area contributed by atoms with Crippen LogP contribution in [0.25, 0.3) is 0 Å². The molecule has 0 spiro atoms. The quantitative estimate of drug-likeness (QED) is 0.590. The molecule has 0 saturated heterocycles. The van der Waals surface area contributed by atoms with Gasteiger partial charge in [-0.2, -0.15) is 0 Å². The van der Waals surface area contributed by atoms with Gasteiger partial charge in [-0.15, -0.1) is 0 Å². The molecule has 6 heteroatoms. The Balaban J connectivity index is 2.14. The van der Waals surface area contributed by atoms with E-state index >= 15 is 0 Å². The Kier molecular flexibility index (Phi) is 2.87. The zero-order chi connectivity index (χ0) is 12.3. The van der Waals surface area contributed by atoms with Crippen molar-refractivity contribution in [1.82, 2.24) is 9.97 Å². The van der Waals surface area contributed by atoms with Gasteiger partial charge in [-0.05, 0) is 24.3 Å². The van der Waals surface area contributed by atoms with Crippen LogP contribution in [0, 0.1) is 0 Å². The smallest absolute Gasteiger partial charge is 0.364 e. The molecule has 0 saturated carbocycles. The lowest BCUT2D eigenvalue weighted by Gasteiger charge is -2.03. The monoisotopic (exact) mass is 231 g/mol. The molecule has 0 aliphatic carbocycles. The molecule has 17 heavy (non-hydrogen) atoms. The average molecular weight is 231 g/mol. The van der Waals surface area contributed by atoms with Crippen LogP contribution in [0.4, 0.5) is 5.82 Å². The van der Waals surface area contributed by atoms with Gasteiger partial charge in [0.05, 0.1) is 12.4 Å². The van der Waals surface area contributed by atoms with Crippen molar-refractivity contribution in [3.8, 4) is 11.5 Å². The van der Waals surface area contributed by atoms with E-state index in [2.05, 4.69) is 9.97 Å². The molecule has 0 aliphatic heterocycles. The maximum atomic E-state index is 11.6. The largest absolute Gasteiger partial charge is 0.508 e. The van der Waals surface area contributed by atoms with Gasteiger partial charge in [0.1, 0.15) is 17.3 Å². The lowest BCUT2D eigenvalue weighted by atomic mass is 10.3. The minimum atomic E-state index is -0.657. The zero-order valence-corrected chi connectivity index (χ0v) is 8.70. The highest BCUT2D eigenvalue weighted by atomic mass is 16.5. The number of esters is 1. The van der Waals surface area contributed by atoms with Crippen molar-refractivity contribution in [2.45, 2.75) is 0 Å². The normalized spacial score (nSPS) is 9.88. The number of aromatic nitrogens is 2. The number of carbonyl (C=O) groups is 1. The first kappa shape index (κ1) is 10.9. The topological polar surface area (TPSA) is 98.3 Å². The second-order valence-corrected chi connectivity index (χ2v) is 3.21. The summed E-state index contributed by atoms with van der Waals surface area (Å²) < 4.78 is 5.00. The molecule has 86 valence electrons. The maximum Gasteiger partial charge on any atom is 0.364 e. The minimum absolute atomic E-state index is 0.0260. The molecule has 3 N–H and O–H groups in total. The molecular weight excluding hydrogens is 222 g/mol. The molecule has 1 aromatic carbocycles. The Labute approximate surface area is 96.7 Å². The predicted molar refractivity (Wildman–Crippen MR) is 59.5 cm³/mol. The van der Waals surface area contributed by atoms with Crippen LogP contribution in [-0.2, 0) is 0 Å². The predicted octanol–water partition coefficient (Wildman–Crippen LogP) is 0.984. The van der Waals surface area contributed by atoms with Gasteiger partial charge in [-0.1, -0.05) is 0 Å². The van der Waals surface area contributed by atoms with Gasteiger partial charge >= 0.3 is 5.97 Å². The highest BCUT2D eigenvalue weighted by Crippen LogP contribution is 2.16. The van der Waals surface area contributed by atoms with Crippen LogP contribution in [0.1, 0.15) is 10.5 Å². The number of ether oxygens (including phenoxy) is 1. The Bertz CT molecular complexity index is 540. The van der Waals surface area contributed by atoms with Gasteiger partial charge in [-0.25, -0.2) is 9.78 Å². The van der Waals surface area contributed by atoms with Gasteiger partial charge in [0.2, 0.25) is 0 Å². The standard InChI is InChI=1S/C11H9N3O3/c12-10-6-13-5-9(14-10)11(16)17-8-3-1-7(15)2-4-8/h1-6,15H,(H2,12,14). The summed E-state index contributed by atoms with van der Waals surface area (Å²) >= 11 is 0. The van der Waals surface area contributed by atoms with E-state index in [0.717, 1.165) is 0 Å². The van der Waals surface area contributed by atoms with E-state index in [-0.39, 0.29) is 17.3 Å². The summed E-state index contributed by atoms with van der Waals surface area (Å²) in [6.45, 7) is 0. The van der Waals surface area contributed by atoms with Crippen LogP contribution in [0.3, 0.4) is 0 Å². The number of benzene rings is 1. The molecule has 0 amide bonds. The molecule has 0 unspecified atom stereocenters. The van der Waals surface area contributed by atoms with Crippen molar-refractivity contribution in [1.29, 1.82) is 0 Å². The van der Waals surface area contributed by atoms with Gasteiger partial charge in [0.15, 0.2) is 5.69 Å². The summed E-state index contributed by atoms with van der Waals surface area (Å²) in [4.78, 5) is 19.1. The third-order valence-electron chi connectivity index (χ3n) is 1.91. The first-order valence-electron chi connectivity index (χ1n) is 4.74. The molecule has 0 atom stereocenters. The van der Waals surface area contributed by atoms with Gasteiger partial charge in [-0.3, -0.25) is 4.98 Å². The molecule has 2 aromatic rings. The highest BCUT2D eigenvalue weighted by molar-refractivity contribution is 5.88. The van der Waals surface area contributed by atoms with Gasteiger partial charge in [0, 0.05) is 0 Å². The van der Waals surface area contributed by atoms with Crippen molar-refractivity contribution in [2.75, 3.05) is 5.73 Å². The van der Waals surface area contributed by atoms with Crippen molar-refractivity contribution < 1.29 is 14.6 Å². The number of anilines is 1. The van der Waals surface area contributed by atoms with Crippen LogP contribution in [0.2, 0.25) is 0 Å². The fourth-order valence-electron chi connectivity index (χ4n) is 1.15. The van der Waals surface area contributed by atoms with E-state index in [1.807, 2.05) is 0 Å². The molecule has 6 nitrogen and oxygen atoms in total. The molecule has 0 bridgehead atoms. The highest BCUT2D eigenvalue weighted by Gasteiger charge is 2.10. The van der Waals surface area contributed by atoms with E-state index in [4.69, 9.17) is 15.6 Å². The summed E-state index contributed by atoms with van der Waals surface area (Å²) in [5.74, 6) is -0.119. The average Bonchev–Trinajstić information content (AvgIpc) is 2.32. The molecule has 2 rings (SSSR count). The van der Waals surface area contributed by atoms with E-state index in [1.54, 1.807) is 0 Å². The molecule has 0 aliphatic rings. The Hall–Kier alpha value is -2.63. The Morgan fingerprint density at radius 2 is 1.94 bits per heavy atom. The molecular formula is C11H9N3O3. The summed E-state index contributed by atoms with van der Waals surface area (Å²) in [6.07, 6.45) is 2.59. The van der Waals surface area contributed by atoms with Crippen LogP contribution in [0.15, 0.2) is 36.7 Å². The minimum Gasteiger partial charge on any atom is -0.508 e. The number of nitrogens with zero attached hydrogens (tertiary/aromatic N) is 2. The van der Waals surface area contributed by atoms with E-state index in [0.29, 0.717) is 5.75 Å². The van der Waals surface area contributed by atoms with Crippen molar-refractivity contribution in [2.24, 2.45) is 0 Å². The lowest BCUT2D eigenvalue weighted by Crippen LogP contribution is -2.11. The number of nitrogen functional groups attached to an aromatic ring is 1. The van der Waals surface area contributed by atoms with Crippen molar-refractivity contribution >= 4 is 11.8 Å². The molecule has 1 aromatic heterocycles. The third-order valence-corrected chi connectivity index (χ3v) is 1.91. The number of hydrogen-bond donors (Lipinski definition) is 2. The second kappa shape index (κ2) is 4.48. The number of phenols is 1. The van der Waals surface area contributed by atoms with E-state index in [9.17, 15) is 4.79 Å². The van der Waals surface area contributed by atoms with Crippen LogP contribution >= 0.6 is 0 Å². The second-order valence-electron chi connectivity index (χ2n) is 3.21. The number of hydrogen-bond acceptors (Lipinski definition) is 6. The maximum absolute atomic E-state index is 11.6.